The molecule has 0 N–H and O–H groups in total. The number of ether oxygens (including phenoxy) is 2. The van der Waals surface area contributed by atoms with Crippen molar-refractivity contribution in [1.82, 2.24) is 19.9 Å². The number of likely N-dealkylation sites (tertiary alicyclic amines) is 1. The Hall–Kier alpha value is -3.92. The maximum Gasteiger partial charge on any atom is 0.188 e. The SMILES string of the molecule is COc1ccc(/C=C2\CN(C(=S)SCc3cn(Cc4cccc(Cl)c4)nn3)C/C(=C\c3ccc(OC)cc3)C2=O)cc1. The molecule has 10 heteroatoms. The fraction of sp³-hybridized carbons (Fsp3) is 0.188. The highest BCUT2D eigenvalue weighted by Crippen LogP contribution is 2.27. The Labute approximate surface area is 259 Å². The van der Waals surface area contributed by atoms with Crippen molar-refractivity contribution in [3.05, 3.63) is 118 Å². The Morgan fingerprint density at radius 3 is 2.10 bits per heavy atom. The van der Waals surface area contributed by atoms with Gasteiger partial charge in [-0.2, -0.15) is 0 Å². The predicted octanol–water partition coefficient (Wildman–Crippen LogP) is 6.57. The summed E-state index contributed by atoms with van der Waals surface area (Å²) in [6.07, 6.45) is 5.76. The molecule has 42 heavy (non-hydrogen) atoms. The largest absolute Gasteiger partial charge is 0.497 e. The Morgan fingerprint density at radius 1 is 0.952 bits per heavy atom. The van der Waals surface area contributed by atoms with Crippen molar-refractivity contribution in [1.29, 1.82) is 0 Å². The summed E-state index contributed by atoms with van der Waals surface area (Å²) >= 11 is 13.5. The van der Waals surface area contributed by atoms with E-state index in [2.05, 4.69) is 15.2 Å². The lowest BCUT2D eigenvalue weighted by Gasteiger charge is -2.31. The Bertz CT molecular complexity index is 1560. The van der Waals surface area contributed by atoms with Gasteiger partial charge in [0.2, 0.25) is 0 Å². The van der Waals surface area contributed by atoms with Crippen molar-refractivity contribution in [3.8, 4) is 11.5 Å². The molecule has 0 unspecified atom stereocenters. The highest BCUT2D eigenvalue weighted by molar-refractivity contribution is 8.22. The van der Waals surface area contributed by atoms with Gasteiger partial charge in [-0.25, -0.2) is 4.68 Å². The van der Waals surface area contributed by atoms with Gasteiger partial charge in [-0.05, 0) is 65.2 Å². The number of methoxy groups -OCH3 is 2. The quantitative estimate of drug-likeness (QED) is 0.163. The third-order valence-corrected chi connectivity index (χ3v) is 8.43. The highest BCUT2D eigenvalue weighted by Gasteiger charge is 2.28. The molecule has 4 aromatic rings. The van der Waals surface area contributed by atoms with Crippen LogP contribution in [0.15, 0.2) is 90.1 Å². The van der Waals surface area contributed by atoms with Crippen LogP contribution in [0.25, 0.3) is 12.2 Å². The average molecular weight is 617 g/mol. The second kappa shape index (κ2) is 13.8. The standard InChI is InChI=1S/C32H29ClN4O3S2/c1-39-29-10-6-22(7-11-29)14-25-18-36(19-26(31(25)38)15-23-8-12-30(40-2)13-9-23)32(41)42-21-28-20-37(35-34-28)17-24-4-3-5-27(33)16-24/h3-16,20H,17-19,21H2,1-2H3/b25-14+,26-15+. The van der Waals surface area contributed by atoms with Gasteiger partial charge < -0.3 is 14.4 Å². The van der Waals surface area contributed by atoms with Crippen molar-refractivity contribution in [2.45, 2.75) is 12.3 Å². The van der Waals surface area contributed by atoms with E-state index in [-0.39, 0.29) is 5.78 Å². The lowest BCUT2D eigenvalue weighted by atomic mass is 9.94. The first-order valence-electron chi connectivity index (χ1n) is 13.2. The highest BCUT2D eigenvalue weighted by atomic mass is 35.5. The Morgan fingerprint density at radius 2 is 1.55 bits per heavy atom. The van der Waals surface area contributed by atoms with Crippen LogP contribution in [0.3, 0.4) is 0 Å². The van der Waals surface area contributed by atoms with Gasteiger partial charge in [-0.1, -0.05) is 77.2 Å². The number of hydrogen-bond donors (Lipinski definition) is 0. The molecule has 0 atom stereocenters. The fourth-order valence-electron chi connectivity index (χ4n) is 4.50. The van der Waals surface area contributed by atoms with Crippen LogP contribution in [0.1, 0.15) is 22.4 Å². The average Bonchev–Trinajstić information content (AvgIpc) is 3.45. The third-order valence-electron chi connectivity index (χ3n) is 6.64. The molecule has 0 amide bonds. The van der Waals surface area contributed by atoms with Crippen molar-refractivity contribution in [3.63, 3.8) is 0 Å². The molecule has 214 valence electrons. The number of rotatable bonds is 8. The molecule has 1 aliphatic heterocycles. The van der Waals surface area contributed by atoms with Crippen molar-refractivity contribution in [2.75, 3.05) is 27.3 Å². The van der Waals surface area contributed by atoms with Crippen LogP contribution in [0.2, 0.25) is 5.02 Å². The van der Waals surface area contributed by atoms with Gasteiger partial charge in [0, 0.05) is 41.2 Å². The minimum Gasteiger partial charge on any atom is -0.497 e. The fourth-order valence-corrected chi connectivity index (χ4v) is 5.74. The summed E-state index contributed by atoms with van der Waals surface area (Å²) in [5, 5.41) is 9.26. The first-order chi connectivity index (χ1) is 20.4. The minimum atomic E-state index is 0.00893. The summed E-state index contributed by atoms with van der Waals surface area (Å²) < 4.78 is 13.0. The molecular formula is C32H29ClN4O3S2. The van der Waals surface area contributed by atoms with Gasteiger partial charge in [-0.3, -0.25) is 4.79 Å². The molecular weight excluding hydrogens is 588 g/mol. The summed E-state index contributed by atoms with van der Waals surface area (Å²) in [6.45, 7) is 1.41. The van der Waals surface area contributed by atoms with E-state index in [1.807, 2.05) is 91.1 Å². The number of halogens is 1. The number of hydrogen-bond acceptors (Lipinski definition) is 7. The number of thioether (sulfide) groups is 1. The van der Waals surface area contributed by atoms with Crippen molar-refractivity contribution < 1.29 is 14.3 Å². The van der Waals surface area contributed by atoms with E-state index in [1.165, 1.54) is 11.8 Å². The van der Waals surface area contributed by atoms with E-state index in [4.69, 9.17) is 33.3 Å². The van der Waals surface area contributed by atoms with Crippen molar-refractivity contribution >= 4 is 57.8 Å². The monoisotopic (exact) mass is 616 g/mol. The number of nitrogens with zero attached hydrogens (tertiary/aromatic N) is 4. The number of carbonyl (C=O) groups excluding carboxylic acids is 1. The number of aromatic nitrogens is 3. The minimum absolute atomic E-state index is 0.00893. The number of piperidine rings is 1. The molecule has 0 bridgehead atoms. The van der Waals surface area contributed by atoms with Crippen LogP contribution in [0.5, 0.6) is 11.5 Å². The van der Waals surface area contributed by atoms with Crippen LogP contribution >= 0.6 is 35.6 Å². The topological polar surface area (TPSA) is 69.5 Å². The Kier molecular flexibility index (Phi) is 9.74. The Balaban J connectivity index is 1.32. The zero-order valence-corrected chi connectivity index (χ0v) is 25.6. The van der Waals surface area contributed by atoms with E-state index >= 15 is 0 Å². The number of benzene rings is 3. The summed E-state index contributed by atoms with van der Waals surface area (Å²) in [4.78, 5) is 15.7. The van der Waals surface area contributed by atoms with Crippen LogP contribution < -0.4 is 9.47 Å². The van der Waals surface area contributed by atoms with Crippen LogP contribution in [0.4, 0.5) is 0 Å². The maximum absolute atomic E-state index is 13.6. The maximum atomic E-state index is 13.6. The molecule has 1 aromatic heterocycles. The first kappa shape index (κ1) is 29.6. The molecule has 1 saturated heterocycles. The summed E-state index contributed by atoms with van der Waals surface area (Å²) in [6, 6.07) is 22.9. The number of Topliss-reactive ketones (excluding diaryl/α,β-unsaturated/α-hetero) is 1. The molecule has 0 aliphatic carbocycles. The third kappa shape index (κ3) is 7.67. The molecule has 7 nitrogen and oxygen atoms in total. The zero-order valence-electron chi connectivity index (χ0n) is 23.2. The van der Waals surface area contributed by atoms with Crippen LogP contribution in [-0.2, 0) is 17.1 Å². The number of thiocarbonyl (C=S) groups is 1. The summed E-state index contributed by atoms with van der Waals surface area (Å²) in [5.74, 6) is 2.09. The zero-order chi connectivity index (χ0) is 29.5. The molecule has 3 aromatic carbocycles. The molecule has 0 saturated carbocycles. The second-order valence-electron chi connectivity index (χ2n) is 9.66. The van der Waals surface area contributed by atoms with E-state index in [9.17, 15) is 4.79 Å². The van der Waals surface area contributed by atoms with Gasteiger partial charge >= 0.3 is 0 Å². The van der Waals surface area contributed by atoms with E-state index in [0.717, 1.165) is 33.9 Å². The molecule has 2 heterocycles. The predicted molar refractivity (Wildman–Crippen MR) is 173 cm³/mol. The molecule has 5 rings (SSSR count). The van der Waals surface area contributed by atoms with Crippen LogP contribution in [0, 0.1) is 0 Å². The van der Waals surface area contributed by atoms with Gasteiger partial charge in [0.05, 0.1) is 26.5 Å². The van der Waals surface area contributed by atoms with Gasteiger partial charge in [0.15, 0.2) is 5.78 Å². The van der Waals surface area contributed by atoms with Gasteiger partial charge in [0.1, 0.15) is 15.8 Å². The first-order valence-corrected chi connectivity index (χ1v) is 15.0. The van der Waals surface area contributed by atoms with E-state index < -0.39 is 0 Å². The lowest BCUT2D eigenvalue weighted by Crippen LogP contribution is -2.39. The smallest absolute Gasteiger partial charge is 0.188 e. The van der Waals surface area contributed by atoms with Gasteiger partial charge in [-0.15, -0.1) is 5.10 Å². The van der Waals surface area contributed by atoms with E-state index in [1.54, 1.807) is 18.9 Å². The van der Waals surface area contributed by atoms with Crippen LogP contribution in [-0.4, -0.2) is 57.3 Å². The second-order valence-corrected chi connectivity index (χ2v) is 11.7. The van der Waals surface area contributed by atoms with E-state index in [0.29, 0.717) is 45.9 Å². The molecule has 1 fully saturated rings. The summed E-state index contributed by atoms with van der Waals surface area (Å²) in [7, 11) is 3.26. The van der Waals surface area contributed by atoms with Crippen molar-refractivity contribution in [2.24, 2.45) is 0 Å². The molecule has 0 spiro atoms. The number of carbonyl (C=O) groups is 1. The normalized spacial score (nSPS) is 15.3. The molecule has 0 radical (unpaired) electrons. The summed E-state index contributed by atoms with van der Waals surface area (Å²) in [5.41, 5.74) is 5.04. The lowest BCUT2D eigenvalue weighted by molar-refractivity contribution is -0.113. The molecule has 1 aliphatic rings. The number of ketones is 1. The van der Waals surface area contributed by atoms with Gasteiger partial charge in [0.25, 0.3) is 0 Å².